The van der Waals surface area contributed by atoms with Gasteiger partial charge < -0.3 is 0 Å². The average Bonchev–Trinajstić information content (AvgIpc) is 2.34. The third kappa shape index (κ3) is 2.12. The van der Waals surface area contributed by atoms with Gasteiger partial charge in [0.2, 0.25) is 0 Å². The summed E-state index contributed by atoms with van der Waals surface area (Å²) < 4.78 is 0. The summed E-state index contributed by atoms with van der Waals surface area (Å²) in [6.07, 6.45) is 3.89. The largest absolute Gasteiger partial charge is 0.300 e. The molecule has 0 aromatic carbocycles. The number of likely N-dealkylation sites (tertiary alicyclic amines) is 1. The summed E-state index contributed by atoms with van der Waals surface area (Å²) in [6.45, 7) is 6.96. The van der Waals surface area contributed by atoms with Crippen LogP contribution in [0.3, 0.4) is 0 Å². The summed E-state index contributed by atoms with van der Waals surface area (Å²) in [4.78, 5) is 2.56. The Bertz CT molecular complexity index is 116. The lowest BCUT2D eigenvalue weighted by atomic mass is 10.1. The van der Waals surface area contributed by atoms with E-state index in [2.05, 4.69) is 31.4 Å². The van der Waals surface area contributed by atoms with Crippen LogP contribution >= 0.6 is 12.6 Å². The van der Waals surface area contributed by atoms with E-state index in [1.165, 1.54) is 32.4 Å². The Kier molecular flexibility index (Phi) is 3.73. The Balaban J connectivity index is 2.42. The summed E-state index contributed by atoms with van der Waals surface area (Å²) in [5, 5.41) is 0.634. The van der Waals surface area contributed by atoms with Crippen molar-refractivity contribution in [3.05, 3.63) is 0 Å². The van der Waals surface area contributed by atoms with Gasteiger partial charge in [-0.1, -0.05) is 20.3 Å². The first kappa shape index (κ1) is 9.40. The molecule has 0 aromatic heterocycles. The molecule has 0 radical (unpaired) electrons. The van der Waals surface area contributed by atoms with Gasteiger partial charge >= 0.3 is 0 Å². The fourth-order valence-corrected chi connectivity index (χ4v) is 2.42. The number of thiol groups is 1. The van der Waals surface area contributed by atoms with Crippen LogP contribution in [-0.4, -0.2) is 29.3 Å². The molecule has 0 aromatic rings. The molecule has 1 fully saturated rings. The lowest BCUT2D eigenvalue weighted by Gasteiger charge is -2.24. The Hall–Kier alpha value is 0.310. The second kappa shape index (κ2) is 4.36. The monoisotopic (exact) mass is 173 g/mol. The zero-order valence-corrected chi connectivity index (χ0v) is 8.48. The molecule has 11 heavy (non-hydrogen) atoms. The van der Waals surface area contributed by atoms with Crippen molar-refractivity contribution in [1.29, 1.82) is 0 Å². The lowest BCUT2D eigenvalue weighted by molar-refractivity contribution is 0.257. The second-order valence-corrected chi connectivity index (χ2v) is 4.00. The molecule has 0 spiro atoms. The van der Waals surface area contributed by atoms with Crippen molar-refractivity contribution in [2.75, 3.05) is 13.1 Å². The molecule has 66 valence electrons. The van der Waals surface area contributed by atoms with Gasteiger partial charge in [0.25, 0.3) is 0 Å². The SMILES string of the molecule is CCCC1C(S)CCN1CC. The van der Waals surface area contributed by atoms with E-state index >= 15 is 0 Å². The molecule has 0 bridgehead atoms. The predicted molar refractivity (Wildman–Crippen MR) is 53.3 cm³/mol. The summed E-state index contributed by atoms with van der Waals surface area (Å²) in [5.41, 5.74) is 0. The molecule has 0 N–H and O–H groups in total. The Labute approximate surface area is 75.6 Å². The highest BCUT2D eigenvalue weighted by molar-refractivity contribution is 7.81. The first-order valence-corrected chi connectivity index (χ1v) is 5.23. The van der Waals surface area contributed by atoms with Crippen LogP contribution in [0.4, 0.5) is 0 Å². The Morgan fingerprint density at radius 3 is 2.73 bits per heavy atom. The van der Waals surface area contributed by atoms with Gasteiger partial charge in [-0.2, -0.15) is 12.6 Å². The average molecular weight is 173 g/mol. The predicted octanol–water partition coefficient (Wildman–Crippen LogP) is 2.18. The highest BCUT2D eigenvalue weighted by Gasteiger charge is 2.29. The van der Waals surface area contributed by atoms with E-state index in [1.54, 1.807) is 0 Å². The molecule has 1 saturated heterocycles. The van der Waals surface area contributed by atoms with Gasteiger partial charge in [0.15, 0.2) is 0 Å². The van der Waals surface area contributed by atoms with Crippen molar-refractivity contribution >= 4 is 12.6 Å². The van der Waals surface area contributed by atoms with Gasteiger partial charge in [-0.25, -0.2) is 0 Å². The summed E-state index contributed by atoms with van der Waals surface area (Å²) in [5.74, 6) is 0. The first-order valence-electron chi connectivity index (χ1n) is 4.71. The maximum Gasteiger partial charge on any atom is 0.0212 e. The number of nitrogens with zero attached hydrogens (tertiary/aromatic N) is 1. The summed E-state index contributed by atoms with van der Waals surface area (Å²) in [7, 11) is 0. The van der Waals surface area contributed by atoms with Crippen molar-refractivity contribution in [2.45, 2.75) is 44.4 Å². The van der Waals surface area contributed by atoms with Gasteiger partial charge in [0.05, 0.1) is 0 Å². The van der Waals surface area contributed by atoms with Crippen LogP contribution in [0.1, 0.15) is 33.1 Å². The quantitative estimate of drug-likeness (QED) is 0.640. The van der Waals surface area contributed by atoms with Gasteiger partial charge in [-0.15, -0.1) is 0 Å². The zero-order valence-electron chi connectivity index (χ0n) is 7.58. The highest BCUT2D eigenvalue weighted by Crippen LogP contribution is 2.25. The van der Waals surface area contributed by atoms with E-state index in [1.807, 2.05) is 0 Å². The Morgan fingerprint density at radius 1 is 1.45 bits per heavy atom. The normalized spacial score (nSPS) is 33.0. The van der Waals surface area contributed by atoms with Crippen LogP contribution in [0.2, 0.25) is 0 Å². The molecular formula is C9H19NS. The molecule has 1 nitrogen and oxygen atoms in total. The van der Waals surface area contributed by atoms with Crippen molar-refractivity contribution in [1.82, 2.24) is 4.90 Å². The minimum Gasteiger partial charge on any atom is -0.300 e. The minimum atomic E-state index is 0.634. The third-order valence-corrected chi connectivity index (χ3v) is 3.22. The zero-order chi connectivity index (χ0) is 8.27. The number of rotatable bonds is 3. The summed E-state index contributed by atoms with van der Waals surface area (Å²) >= 11 is 4.59. The van der Waals surface area contributed by atoms with E-state index in [4.69, 9.17) is 0 Å². The molecule has 2 atom stereocenters. The van der Waals surface area contributed by atoms with Gasteiger partial charge in [0.1, 0.15) is 0 Å². The first-order chi connectivity index (χ1) is 5.29. The molecule has 2 heteroatoms. The van der Waals surface area contributed by atoms with Crippen molar-refractivity contribution in [2.24, 2.45) is 0 Å². The molecule has 0 saturated carbocycles. The molecule has 0 aliphatic carbocycles. The Morgan fingerprint density at radius 2 is 2.18 bits per heavy atom. The van der Waals surface area contributed by atoms with E-state index < -0.39 is 0 Å². The van der Waals surface area contributed by atoms with E-state index in [0.717, 1.165) is 6.04 Å². The second-order valence-electron chi connectivity index (χ2n) is 3.34. The number of hydrogen-bond acceptors (Lipinski definition) is 2. The maximum atomic E-state index is 4.59. The fourth-order valence-electron chi connectivity index (χ4n) is 1.96. The standard InChI is InChI=1S/C9H19NS/c1-3-5-8-9(11)6-7-10(8)4-2/h8-9,11H,3-7H2,1-2H3. The van der Waals surface area contributed by atoms with E-state index in [9.17, 15) is 0 Å². The molecule has 1 heterocycles. The maximum absolute atomic E-state index is 4.59. The topological polar surface area (TPSA) is 3.24 Å². The van der Waals surface area contributed by atoms with Crippen LogP contribution < -0.4 is 0 Å². The van der Waals surface area contributed by atoms with Gasteiger partial charge in [-0.05, 0) is 25.9 Å². The van der Waals surface area contributed by atoms with Crippen LogP contribution in [0, 0.1) is 0 Å². The van der Waals surface area contributed by atoms with E-state index in [0.29, 0.717) is 5.25 Å². The van der Waals surface area contributed by atoms with Crippen molar-refractivity contribution < 1.29 is 0 Å². The summed E-state index contributed by atoms with van der Waals surface area (Å²) in [6, 6.07) is 0.758. The molecule has 1 aliphatic heterocycles. The van der Waals surface area contributed by atoms with Crippen LogP contribution in [0.25, 0.3) is 0 Å². The van der Waals surface area contributed by atoms with Gasteiger partial charge in [0, 0.05) is 11.3 Å². The molecule has 0 amide bonds. The molecular weight excluding hydrogens is 154 g/mol. The smallest absolute Gasteiger partial charge is 0.0212 e. The molecule has 2 unspecified atom stereocenters. The molecule has 1 aliphatic rings. The van der Waals surface area contributed by atoms with Crippen molar-refractivity contribution in [3.63, 3.8) is 0 Å². The highest BCUT2D eigenvalue weighted by atomic mass is 32.1. The van der Waals surface area contributed by atoms with Crippen LogP contribution in [0.15, 0.2) is 0 Å². The molecule has 1 rings (SSSR count). The third-order valence-electron chi connectivity index (χ3n) is 2.62. The van der Waals surface area contributed by atoms with Gasteiger partial charge in [-0.3, -0.25) is 4.90 Å². The minimum absolute atomic E-state index is 0.634. The van der Waals surface area contributed by atoms with Crippen LogP contribution in [-0.2, 0) is 0 Å². The van der Waals surface area contributed by atoms with Crippen LogP contribution in [0.5, 0.6) is 0 Å². The van der Waals surface area contributed by atoms with Crippen molar-refractivity contribution in [3.8, 4) is 0 Å². The lowest BCUT2D eigenvalue weighted by Crippen LogP contribution is -2.32. The number of hydrogen-bond donors (Lipinski definition) is 1. The van der Waals surface area contributed by atoms with E-state index in [-0.39, 0.29) is 0 Å². The fraction of sp³-hybridized carbons (Fsp3) is 1.00.